The Labute approximate surface area is 154 Å². The Morgan fingerprint density at radius 2 is 1.81 bits per heavy atom. The van der Waals surface area contributed by atoms with Gasteiger partial charge in [0.05, 0.1) is 11.2 Å². The van der Waals surface area contributed by atoms with Crippen LogP contribution in [0.1, 0.15) is 15.9 Å². The molecule has 7 heteroatoms. The lowest BCUT2D eigenvalue weighted by Gasteiger charge is -2.05. The molecule has 0 saturated carbocycles. The van der Waals surface area contributed by atoms with E-state index in [-0.39, 0.29) is 12.7 Å². The Bertz CT molecular complexity index is 966. The molecule has 0 unspecified atom stereocenters. The summed E-state index contributed by atoms with van der Waals surface area (Å²) in [7, 11) is 0. The number of hydrazone groups is 1. The number of carbonyl (C=O) groups excluding carboxylic acids is 1. The fraction of sp³-hybridized carbons (Fsp3) is 0.0526. The van der Waals surface area contributed by atoms with Crippen molar-refractivity contribution < 1.29 is 14.3 Å². The van der Waals surface area contributed by atoms with Crippen LogP contribution in [-0.4, -0.2) is 23.5 Å². The number of hydrogen-bond donors (Lipinski definition) is 1. The van der Waals surface area contributed by atoms with Gasteiger partial charge >= 0.3 is 0 Å². The second kappa shape index (κ2) is 6.93. The fourth-order valence-electron chi connectivity index (χ4n) is 2.55. The van der Waals surface area contributed by atoms with Crippen molar-refractivity contribution in [3.8, 4) is 17.2 Å². The maximum absolute atomic E-state index is 12.2. The minimum Gasteiger partial charge on any atom is -0.454 e. The van der Waals surface area contributed by atoms with Crippen LogP contribution < -0.4 is 14.9 Å². The van der Waals surface area contributed by atoms with Crippen molar-refractivity contribution in [2.75, 3.05) is 6.79 Å². The van der Waals surface area contributed by atoms with Crippen LogP contribution in [0.15, 0.2) is 66.0 Å². The van der Waals surface area contributed by atoms with Crippen LogP contribution in [0.3, 0.4) is 0 Å². The lowest BCUT2D eigenvalue weighted by Crippen LogP contribution is -2.17. The molecule has 1 amide bonds. The predicted octanol–water partition coefficient (Wildman–Crippen LogP) is 3.62. The number of nitrogens with one attached hydrogen (secondary N) is 1. The van der Waals surface area contributed by atoms with Crippen LogP contribution in [0.2, 0.25) is 5.02 Å². The molecule has 0 saturated heterocycles. The molecule has 2 aromatic carbocycles. The zero-order chi connectivity index (χ0) is 17.9. The summed E-state index contributed by atoms with van der Waals surface area (Å²) < 4.78 is 12.5. The van der Waals surface area contributed by atoms with Crippen molar-refractivity contribution in [1.82, 2.24) is 9.99 Å². The first-order valence-corrected chi connectivity index (χ1v) is 8.24. The standard InChI is InChI=1S/C19H14ClN3O3/c20-16-10-18-17(25-12-26-18)9-14(16)11-21-22-19(24)13-3-5-15(6-4-13)23-7-1-2-8-23/h1-11H,12H2,(H,22,24)/b21-11+. The number of halogens is 1. The van der Waals surface area contributed by atoms with E-state index in [1.807, 2.05) is 41.2 Å². The summed E-state index contributed by atoms with van der Waals surface area (Å²) in [5.74, 6) is 0.888. The average molecular weight is 368 g/mol. The summed E-state index contributed by atoms with van der Waals surface area (Å²) in [6.45, 7) is 0.169. The van der Waals surface area contributed by atoms with Crippen LogP contribution in [0.5, 0.6) is 11.5 Å². The molecule has 0 fully saturated rings. The third kappa shape index (κ3) is 3.27. The first-order chi connectivity index (χ1) is 12.7. The van der Waals surface area contributed by atoms with Crippen molar-refractivity contribution in [3.05, 3.63) is 77.1 Å². The summed E-state index contributed by atoms with van der Waals surface area (Å²) in [6, 6.07) is 14.5. The van der Waals surface area contributed by atoms with Gasteiger partial charge in [0.25, 0.3) is 5.91 Å². The van der Waals surface area contributed by atoms with Crippen molar-refractivity contribution in [2.45, 2.75) is 0 Å². The monoisotopic (exact) mass is 367 g/mol. The first kappa shape index (κ1) is 16.2. The smallest absolute Gasteiger partial charge is 0.271 e. The van der Waals surface area contributed by atoms with E-state index < -0.39 is 0 Å². The number of benzene rings is 2. The second-order valence-corrected chi connectivity index (χ2v) is 5.97. The molecule has 1 aliphatic heterocycles. The zero-order valence-corrected chi connectivity index (χ0v) is 14.3. The van der Waals surface area contributed by atoms with Crippen molar-refractivity contribution in [1.29, 1.82) is 0 Å². The van der Waals surface area contributed by atoms with Gasteiger partial charge in [0.1, 0.15) is 0 Å². The summed E-state index contributed by atoms with van der Waals surface area (Å²) in [6.07, 6.45) is 5.35. The van der Waals surface area contributed by atoms with E-state index >= 15 is 0 Å². The zero-order valence-electron chi connectivity index (χ0n) is 13.6. The van der Waals surface area contributed by atoms with Gasteiger partial charge in [-0.3, -0.25) is 4.79 Å². The molecule has 0 radical (unpaired) electrons. The van der Waals surface area contributed by atoms with Crippen molar-refractivity contribution in [3.63, 3.8) is 0 Å². The molecule has 1 N–H and O–H groups in total. The highest BCUT2D eigenvalue weighted by atomic mass is 35.5. The molecule has 0 atom stereocenters. The normalized spacial score (nSPS) is 12.5. The molecule has 3 aromatic rings. The van der Waals surface area contributed by atoms with Crippen molar-refractivity contribution >= 4 is 23.7 Å². The minimum atomic E-state index is -0.308. The first-order valence-electron chi connectivity index (χ1n) is 7.87. The number of amides is 1. The van der Waals surface area contributed by atoms with Gasteiger partial charge in [0.2, 0.25) is 6.79 Å². The van der Waals surface area contributed by atoms with E-state index in [0.29, 0.717) is 27.6 Å². The van der Waals surface area contributed by atoms with E-state index in [9.17, 15) is 4.79 Å². The number of nitrogens with zero attached hydrogens (tertiary/aromatic N) is 2. The topological polar surface area (TPSA) is 64.8 Å². The third-order valence-electron chi connectivity index (χ3n) is 3.89. The molecule has 0 bridgehead atoms. The summed E-state index contributed by atoms with van der Waals surface area (Å²) >= 11 is 6.16. The number of fused-ring (bicyclic) bond motifs is 1. The van der Waals surface area contributed by atoms with E-state index in [0.717, 1.165) is 5.69 Å². The van der Waals surface area contributed by atoms with Gasteiger partial charge in [-0.2, -0.15) is 5.10 Å². The molecular weight excluding hydrogens is 354 g/mol. The summed E-state index contributed by atoms with van der Waals surface area (Å²) in [5, 5.41) is 4.43. The number of rotatable bonds is 4. The molecule has 0 aliphatic carbocycles. The van der Waals surface area contributed by atoms with E-state index in [1.165, 1.54) is 6.21 Å². The van der Waals surface area contributed by atoms with Gasteiger partial charge in [0.15, 0.2) is 11.5 Å². The molecular formula is C19H14ClN3O3. The molecule has 1 aromatic heterocycles. The van der Waals surface area contributed by atoms with E-state index in [1.54, 1.807) is 24.3 Å². The highest BCUT2D eigenvalue weighted by molar-refractivity contribution is 6.33. The van der Waals surface area contributed by atoms with Gasteiger partial charge in [0, 0.05) is 35.3 Å². The molecule has 1 aliphatic rings. The number of hydrogen-bond acceptors (Lipinski definition) is 4. The number of aromatic nitrogens is 1. The molecule has 26 heavy (non-hydrogen) atoms. The fourth-order valence-corrected chi connectivity index (χ4v) is 2.75. The third-order valence-corrected chi connectivity index (χ3v) is 4.22. The van der Waals surface area contributed by atoms with Crippen molar-refractivity contribution in [2.24, 2.45) is 5.10 Å². The quantitative estimate of drug-likeness (QED) is 0.565. The van der Waals surface area contributed by atoms with Gasteiger partial charge in [-0.1, -0.05) is 11.6 Å². The van der Waals surface area contributed by atoms with Crippen LogP contribution >= 0.6 is 11.6 Å². The Morgan fingerprint density at radius 3 is 2.54 bits per heavy atom. The van der Waals surface area contributed by atoms with Crippen LogP contribution in [0.25, 0.3) is 5.69 Å². The maximum Gasteiger partial charge on any atom is 0.271 e. The predicted molar refractivity (Wildman–Crippen MR) is 98.4 cm³/mol. The lowest BCUT2D eigenvalue weighted by molar-refractivity contribution is 0.0955. The minimum absolute atomic E-state index is 0.169. The van der Waals surface area contributed by atoms with Gasteiger partial charge in [-0.25, -0.2) is 5.43 Å². The van der Waals surface area contributed by atoms with E-state index in [4.69, 9.17) is 21.1 Å². The van der Waals surface area contributed by atoms with Gasteiger partial charge < -0.3 is 14.0 Å². The number of ether oxygens (including phenoxy) is 2. The van der Waals surface area contributed by atoms with Crippen LogP contribution in [0, 0.1) is 0 Å². The Morgan fingerprint density at radius 1 is 1.12 bits per heavy atom. The van der Waals surface area contributed by atoms with Gasteiger partial charge in [-0.15, -0.1) is 0 Å². The number of carbonyl (C=O) groups is 1. The molecule has 6 nitrogen and oxygen atoms in total. The Kier molecular flexibility index (Phi) is 4.33. The highest BCUT2D eigenvalue weighted by Gasteiger charge is 2.15. The maximum atomic E-state index is 12.2. The highest BCUT2D eigenvalue weighted by Crippen LogP contribution is 2.36. The second-order valence-electron chi connectivity index (χ2n) is 5.56. The summed E-state index contributed by atoms with van der Waals surface area (Å²) in [4.78, 5) is 12.2. The molecule has 0 spiro atoms. The van der Waals surface area contributed by atoms with E-state index in [2.05, 4.69) is 10.5 Å². The largest absolute Gasteiger partial charge is 0.454 e. The van der Waals surface area contributed by atoms with Crippen LogP contribution in [-0.2, 0) is 0 Å². The van der Waals surface area contributed by atoms with Crippen LogP contribution in [0.4, 0.5) is 0 Å². The van der Waals surface area contributed by atoms with Gasteiger partial charge in [-0.05, 0) is 42.5 Å². The molecule has 2 heterocycles. The Balaban J connectivity index is 1.43. The average Bonchev–Trinajstić information content (AvgIpc) is 3.33. The lowest BCUT2D eigenvalue weighted by atomic mass is 10.2. The molecule has 130 valence electrons. The Hall–Kier alpha value is -3.25. The SMILES string of the molecule is O=C(N/N=C/c1cc2c(cc1Cl)OCO2)c1ccc(-n2cccc2)cc1. The molecule has 4 rings (SSSR count). The summed E-state index contributed by atoms with van der Waals surface area (Å²) in [5.41, 5.74) is 4.60.